The van der Waals surface area contributed by atoms with Gasteiger partial charge in [-0.2, -0.15) is 0 Å². The molecule has 1 saturated heterocycles. The first-order chi connectivity index (χ1) is 7.69. The normalized spacial score (nSPS) is 49.5. The Labute approximate surface area is 95.1 Å². The maximum Gasteiger partial charge on any atom is 0.237 e. The second-order valence-corrected chi connectivity index (χ2v) is 4.92. The number of allylic oxidation sites excluding steroid dienone is 2. The lowest BCUT2D eigenvalue weighted by Crippen LogP contribution is -2.52. The van der Waals surface area contributed by atoms with E-state index in [1.54, 1.807) is 13.2 Å². The summed E-state index contributed by atoms with van der Waals surface area (Å²) < 4.78 is 11.1. The number of methoxy groups -OCH3 is 1. The molecule has 0 radical (unpaired) electrons. The van der Waals surface area contributed by atoms with Gasteiger partial charge in [0.1, 0.15) is 0 Å². The first-order valence-electron chi connectivity index (χ1n) is 5.79. The van der Waals surface area contributed by atoms with Crippen molar-refractivity contribution in [2.75, 3.05) is 13.7 Å². The topological polar surface area (TPSA) is 35.5 Å². The molecule has 1 heterocycles. The van der Waals surface area contributed by atoms with Gasteiger partial charge in [-0.1, -0.05) is 25.2 Å². The maximum absolute atomic E-state index is 12.0. The third-order valence-electron chi connectivity index (χ3n) is 4.19. The van der Waals surface area contributed by atoms with E-state index in [-0.39, 0.29) is 11.7 Å². The molecule has 1 aliphatic heterocycles. The van der Waals surface area contributed by atoms with E-state index in [9.17, 15) is 4.79 Å². The quantitative estimate of drug-likeness (QED) is 0.629. The summed E-state index contributed by atoms with van der Waals surface area (Å²) in [5.41, 5.74) is 0. The van der Waals surface area contributed by atoms with Crippen LogP contribution in [-0.4, -0.2) is 25.3 Å². The molecule has 5 atom stereocenters. The molecule has 0 unspecified atom stereocenters. The maximum atomic E-state index is 12.0. The summed E-state index contributed by atoms with van der Waals surface area (Å²) in [4.78, 5) is 12.0. The standard InChI is InChI=1S/C13H16O3/c1-8-3-4-9-7-16-13(15-2)11(14)6-5-10(8)12(9)13/h3-6,8-10,12H,7H2,1-2H3/t8-,9-,10-,12+,13-/m0/s1. The Morgan fingerprint density at radius 3 is 3.00 bits per heavy atom. The Morgan fingerprint density at radius 1 is 1.44 bits per heavy atom. The molecule has 3 aliphatic rings. The summed E-state index contributed by atoms with van der Waals surface area (Å²) in [6.07, 6.45) is 8.06. The average Bonchev–Trinajstić information content (AvgIpc) is 2.68. The minimum atomic E-state index is -1.01. The van der Waals surface area contributed by atoms with Crippen molar-refractivity contribution >= 4 is 5.78 Å². The van der Waals surface area contributed by atoms with Crippen LogP contribution in [-0.2, 0) is 14.3 Å². The molecule has 0 bridgehead atoms. The van der Waals surface area contributed by atoms with E-state index >= 15 is 0 Å². The molecule has 86 valence electrons. The lowest BCUT2D eigenvalue weighted by molar-refractivity contribution is -0.216. The molecule has 1 fully saturated rings. The van der Waals surface area contributed by atoms with Gasteiger partial charge in [-0.25, -0.2) is 0 Å². The number of hydrogen-bond donors (Lipinski definition) is 0. The van der Waals surface area contributed by atoms with E-state index < -0.39 is 5.79 Å². The summed E-state index contributed by atoms with van der Waals surface area (Å²) in [5, 5.41) is 0. The van der Waals surface area contributed by atoms with Gasteiger partial charge in [0.25, 0.3) is 0 Å². The highest BCUT2D eigenvalue weighted by Gasteiger charge is 2.59. The van der Waals surface area contributed by atoms with Crippen LogP contribution in [0, 0.1) is 23.7 Å². The zero-order valence-electron chi connectivity index (χ0n) is 9.55. The molecule has 0 amide bonds. The molecule has 2 aliphatic carbocycles. The average molecular weight is 220 g/mol. The molecule has 0 aromatic carbocycles. The fourth-order valence-corrected chi connectivity index (χ4v) is 3.33. The number of carbonyl (C=O) groups is 1. The summed E-state index contributed by atoms with van der Waals surface area (Å²) >= 11 is 0. The van der Waals surface area contributed by atoms with E-state index in [0.717, 1.165) is 0 Å². The fourth-order valence-electron chi connectivity index (χ4n) is 3.33. The van der Waals surface area contributed by atoms with Gasteiger partial charge in [0.05, 0.1) is 6.61 Å². The third kappa shape index (κ3) is 1.08. The number of carbonyl (C=O) groups excluding carboxylic acids is 1. The van der Waals surface area contributed by atoms with Crippen LogP contribution in [0.5, 0.6) is 0 Å². The Bertz CT molecular complexity index is 385. The minimum absolute atomic E-state index is 0.0405. The van der Waals surface area contributed by atoms with Crippen molar-refractivity contribution in [1.82, 2.24) is 0 Å². The molecular formula is C13H16O3. The molecule has 0 saturated carbocycles. The second-order valence-electron chi connectivity index (χ2n) is 4.92. The van der Waals surface area contributed by atoms with E-state index in [1.165, 1.54) is 0 Å². The van der Waals surface area contributed by atoms with Crippen molar-refractivity contribution in [3.8, 4) is 0 Å². The number of hydrogen-bond acceptors (Lipinski definition) is 3. The van der Waals surface area contributed by atoms with Gasteiger partial charge >= 0.3 is 0 Å². The summed E-state index contributed by atoms with van der Waals surface area (Å²) in [5.74, 6) is 0.214. The van der Waals surface area contributed by atoms with Crippen LogP contribution >= 0.6 is 0 Å². The molecule has 3 rings (SSSR count). The van der Waals surface area contributed by atoms with Crippen molar-refractivity contribution in [2.24, 2.45) is 23.7 Å². The molecule has 0 spiro atoms. The first kappa shape index (κ1) is 10.2. The van der Waals surface area contributed by atoms with Crippen LogP contribution in [0.25, 0.3) is 0 Å². The Kier molecular flexibility index (Phi) is 2.10. The van der Waals surface area contributed by atoms with Crippen molar-refractivity contribution in [2.45, 2.75) is 12.7 Å². The van der Waals surface area contributed by atoms with Crippen molar-refractivity contribution in [1.29, 1.82) is 0 Å². The molecule has 16 heavy (non-hydrogen) atoms. The van der Waals surface area contributed by atoms with Crippen molar-refractivity contribution in [3.05, 3.63) is 24.3 Å². The molecule has 0 aromatic rings. The molecular weight excluding hydrogens is 204 g/mol. The van der Waals surface area contributed by atoms with Gasteiger partial charge in [-0.05, 0) is 17.9 Å². The largest absolute Gasteiger partial charge is 0.346 e. The summed E-state index contributed by atoms with van der Waals surface area (Å²) in [6.45, 7) is 2.77. The fraction of sp³-hybridized carbons (Fsp3) is 0.615. The van der Waals surface area contributed by atoms with Gasteiger partial charge < -0.3 is 9.47 Å². The Balaban J connectivity index is 2.11. The predicted molar refractivity (Wildman–Crippen MR) is 58.6 cm³/mol. The smallest absolute Gasteiger partial charge is 0.237 e. The van der Waals surface area contributed by atoms with Crippen LogP contribution in [0.2, 0.25) is 0 Å². The van der Waals surface area contributed by atoms with E-state index in [4.69, 9.17) is 9.47 Å². The van der Waals surface area contributed by atoms with Gasteiger partial charge in [0.15, 0.2) is 0 Å². The van der Waals surface area contributed by atoms with Crippen LogP contribution < -0.4 is 0 Å². The van der Waals surface area contributed by atoms with Crippen molar-refractivity contribution in [3.63, 3.8) is 0 Å². The molecule has 0 aromatic heterocycles. The predicted octanol–water partition coefficient (Wildman–Crippen LogP) is 1.55. The van der Waals surface area contributed by atoms with Gasteiger partial charge in [-0.15, -0.1) is 0 Å². The summed E-state index contributed by atoms with van der Waals surface area (Å²) in [7, 11) is 1.57. The SMILES string of the molecule is CO[C@]12OC[C@@H]3C=C[C@H](C)[C@H](C=CC1=O)[C@@H]32. The van der Waals surface area contributed by atoms with Gasteiger partial charge in [0.2, 0.25) is 11.6 Å². The number of ether oxygens (including phenoxy) is 2. The van der Waals surface area contributed by atoms with Crippen LogP contribution in [0.3, 0.4) is 0 Å². The number of ketones is 1. The van der Waals surface area contributed by atoms with Gasteiger partial charge in [-0.3, -0.25) is 4.79 Å². The van der Waals surface area contributed by atoms with E-state index in [0.29, 0.717) is 24.4 Å². The zero-order valence-corrected chi connectivity index (χ0v) is 9.55. The monoisotopic (exact) mass is 220 g/mol. The lowest BCUT2D eigenvalue weighted by Gasteiger charge is -2.42. The Morgan fingerprint density at radius 2 is 2.25 bits per heavy atom. The second kappa shape index (κ2) is 3.28. The lowest BCUT2D eigenvalue weighted by atomic mass is 9.65. The van der Waals surface area contributed by atoms with Crippen LogP contribution in [0.1, 0.15) is 6.92 Å². The van der Waals surface area contributed by atoms with Crippen LogP contribution in [0.4, 0.5) is 0 Å². The Hall–Kier alpha value is -0.930. The first-order valence-corrected chi connectivity index (χ1v) is 5.79. The van der Waals surface area contributed by atoms with Crippen LogP contribution in [0.15, 0.2) is 24.3 Å². The van der Waals surface area contributed by atoms with E-state index in [2.05, 4.69) is 19.1 Å². The van der Waals surface area contributed by atoms with Gasteiger partial charge in [0, 0.05) is 18.9 Å². The third-order valence-corrected chi connectivity index (χ3v) is 4.19. The van der Waals surface area contributed by atoms with E-state index in [1.807, 2.05) is 6.08 Å². The van der Waals surface area contributed by atoms with Crippen molar-refractivity contribution < 1.29 is 14.3 Å². The number of rotatable bonds is 1. The highest BCUT2D eigenvalue weighted by atomic mass is 16.7. The highest BCUT2D eigenvalue weighted by Crippen LogP contribution is 2.50. The molecule has 0 N–H and O–H groups in total. The molecule has 3 nitrogen and oxygen atoms in total. The zero-order chi connectivity index (χ0) is 11.3. The summed E-state index contributed by atoms with van der Waals surface area (Å²) in [6, 6.07) is 0. The highest BCUT2D eigenvalue weighted by molar-refractivity contribution is 5.97. The minimum Gasteiger partial charge on any atom is -0.346 e. The molecule has 3 heteroatoms.